The van der Waals surface area contributed by atoms with Gasteiger partial charge in [0.05, 0.1) is 0 Å². The number of anilines is 1. The van der Waals surface area contributed by atoms with Crippen LogP contribution in [-0.4, -0.2) is 38.3 Å². The van der Waals surface area contributed by atoms with Gasteiger partial charge in [-0.1, -0.05) is 25.1 Å². The number of carbonyl (C=O) groups is 2. The van der Waals surface area contributed by atoms with Gasteiger partial charge in [-0.25, -0.2) is 8.42 Å². The molecule has 2 amide bonds. The van der Waals surface area contributed by atoms with Crippen LogP contribution in [0.25, 0.3) is 0 Å². The first kappa shape index (κ1) is 16.2. The zero-order valence-corrected chi connectivity index (χ0v) is 12.1. The van der Waals surface area contributed by atoms with Crippen molar-refractivity contribution >= 4 is 27.3 Å². The van der Waals surface area contributed by atoms with E-state index in [9.17, 15) is 18.0 Å². The summed E-state index contributed by atoms with van der Waals surface area (Å²) in [5.41, 5.74) is 0.517. The van der Waals surface area contributed by atoms with E-state index in [1.807, 2.05) is 6.92 Å². The number of hydrogen-bond acceptors (Lipinski definition) is 4. The van der Waals surface area contributed by atoms with E-state index in [1.165, 1.54) is 0 Å². The zero-order valence-electron chi connectivity index (χ0n) is 11.3. The third-order valence-electron chi connectivity index (χ3n) is 2.33. The summed E-state index contributed by atoms with van der Waals surface area (Å²) in [7, 11) is -3.75. The second-order valence-corrected chi connectivity index (χ2v) is 6.36. The Morgan fingerprint density at radius 1 is 1.05 bits per heavy atom. The molecule has 2 N–H and O–H groups in total. The summed E-state index contributed by atoms with van der Waals surface area (Å²) < 4.78 is 23.4. The number of hydrogen-bond donors (Lipinski definition) is 2. The quantitative estimate of drug-likeness (QED) is 0.769. The Hall–Kier alpha value is -1.89. The molecule has 1 aromatic carbocycles. The van der Waals surface area contributed by atoms with E-state index in [1.54, 1.807) is 30.3 Å². The average Bonchev–Trinajstić information content (AvgIpc) is 2.36. The third kappa shape index (κ3) is 6.33. The fourth-order valence-corrected chi connectivity index (χ4v) is 2.56. The van der Waals surface area contributed by atoms with Crippen LogP contribution >= 0.6 is 0 Å². The molecule has 0 aliphatic rings. The topological polar surface area (TPSA) is 92.3 Å². The van der Waals surface area contributed by atoms with E-state index in [0.717, 1.165) is 6.42 Å². The normalized spacial score (nSPS) is 10.8. The molecule has 1 aromatic rings. The average molecular weight is 298 g/mol. The number of sulfone groups is 1. The molecule has 0 unspecified atom stereocenters. The molecule has 0 spiro atoms. The maximum absolute atomic E-state index is 11.7. The van der Waals surface area contributed by atoms with Crippen molar-refractivity contribution in [2.75, 3.05) is 23.4 Å². The highest BCUT2D eigenvalue weighted by Gasteiger charge is 2.20. The molecule has 0 aliphatic carbocycles. The van der Waals surface area contributed by atoms with E-state index in [0.29, 0.717) is 12.2 Å². The highest BCUT2D eigenvalue weighted by atomic mass is 32.2. The number of benzene rings is 1. The summed E-state index contributed by atoms with van der Waals surface area (Å²) in [6, 6.07) is 8.53. The van der Waals surface area contributed by atoms with Crippen LogP contribution in [0.4, 0.5) is 5.69 Å². The Kier molecular flexibility index (Phi) is 6.17. The van der Waals surface area contributed by atoms with Gasteiger partial charge < -0.3 is 10.6 Å². The fraction of sp³-hybridized carbons (Fsp3) is 0.385. The van der Waals surface area contributed by atoms with Crippen molar-refractivity contribution in [1.29, 1.82) is 0 Å². The summed E-state index contributed by atoms with van der Waals surface area (Å²) in [4.78, 5) is 22.9. The fourth-order valence-electron chi connectivity index (χ4n) is 1.48. The Labute approximate surface area is 118 Å². The van der Waals surface area contributed by atoms with Crippen LogP contribution in [0.15, 0.2) is 30.3 Å². The maximum Gasteiger partial charge on any atom is 0.239 e. The van der Waals surface area contributed by atoms with Gasteiger partial charge in [0, 0.05) is 12.2 Å². The molecule has 110 valence electrons. The van der Waals surface area contributed by atoms with Crippen molar-refractivity contribution in [3.8, 4) is 0 Å². The van der Waals surface area contributed by atoms with Gasteiger partial charge in [0.1, 0.15) is 11.5 Å². The van der Waals surface area contributed by atoms with E-state index in [4.69, 9.17) is 0 Å². The smallest absolute Gasteiger partial charge is 0.239 e. The lowest BCUT2D eigenvalue weighted by molar-refractivity contribution is -0.118. The van der Waals surface area contributed by atoms with E-state index in [2.05, 4.69) is 10.6 Å². The van der Waals surface area contributed by atoms with Crippen LogP contribution < -0.4 is 10.6 Å². The van der Waals surface area contributed by atoms with Crippen LogP contribution in [0.2, 0.25) is 0 Å². The zero-order chi connectivity index (χ0) is 15.0. The first-order valence-corrected chi connectivity index (χ1v) is 8.07. The predicted molar refractivity (Wildman–Crippen MR) is 77.0 cm³/mol. The molecule has 0 fully saturated rings. The molecule has 0 radical (unpaired) electrons. The van der Waals surface area contributed by atoms with Crippen LogP contribution in [0.3, 0.4) is 0 Å². The SMILES string of the molecule is CCCNC(=O)CS(=O)(=O)CC(=O)Nc1ccccc1. The Balaban J connectivity index is 2.49. The number of amides is 2. The molecule has 0 saturated carbocycles. The Morgan fingerprint density at radius 3 is 2.25 bits per heavy atom. The van der Waals surface area contributed by atoms with Crippen molar-refractivity contribution in [1.82, 2.24) is 5.32 Å². The van der Waals surface area contributed by atoms with Crippen molar-refractivity contribution < 1.29 is 18.0 Å². The minimum atomic E-state index is -3.75. The molecular formula is C13H18N2O4S. The van der Waals surface area contributed by atoms with Gasteiger partial charge >= 0.3 is 0 Å². The summed E-state index contributed by atoms with van der Waals surface area (Å²) in [5.74, 6) is -2.62. The molecule has 0 aliphatic heterocycles. The molecule has 20 heavy (non-hydrogen) atoms. The molecule has 6 nitrogen and oxygen atoms in total. The predicted octanol–water partition coefficient (Wildman–Crippen LogP) is 0.566. The first-order valence-electron chi connectivity index (χ1n) is 6.25. The van der Waals surface area contributed by atoms with E-state index >= 15 is 0 Å². The van der Waals surface area contributed by atoms with Gasteiger partial charge in [-0.15, -0.1) is 0 Å². The highest BCUT2D eigenvalue weighted by Crippen LogP contribution is 2.05. The molecule has 0 aromatic heterocycles. The molecule has 0 bridgehead atoms. The lowest BCUT2D eigenvalue weighted by Crippen LogP contribution is -2.34. The molecule has 7 heteroatoms. The first-order chi connectivity index (χ1) is 9.43. The Bertz CT molecular complexity index is 555. The highest BCUT2D eigenvalue weighted by molar-refractivity contribution is 7.92. The summed E-state index contributed by atoms with van der Waals surface area (Å²) in [6.07, 6.45) is 0.723. The summed E-state index contributed by atoms with van der Waals surface area (Å²) in [5, 5.41) is 4.93. The molecule has 0 heterocycles. The lowest BCUT2D eigenvalue weighted by atomic mass is 10.3. The molecular weight excluding hydrogens is 280 g/mol. The van der Waals surface area contributed by atoms with Crippen LogP contribution in [-0.2, 0) is 19.4 Å². The maximum atomic E-state index is 11.7. The second-order valence-electron chi connectivity index (χ2n) is 4.30. The number of nitrogens with one attached hydrogen (secondary N) is 2. The van der Waals surface area contributed by atoms with Gasteiger partial charge in [0.15, 0.2) is 9.84 Å². The van der Waals surface area contributed by atoms with Crippen LogP contribution in [0.5, 0.6) is 0 Å². The minimum absolute atomic E-state index is 0.421. The summed E-state index contributed by atoms with van der Waals surface area (Å²) >= 11 is 0. The second kappa shape index (κ2) is 7.64. The molecule has 0 saturated heterocycles. The van der Waals surface area contributed by atoms with Gasteiger partial charge in [-0.05, 0) is 18.6 Å². The lowest BCUT2D eigenvalue weighted by Gasteiger charge is -2.06. The largest absolute Gasteiger partial charge is 0.355 e. The van der Waals surface area contributed by atoms with Gasteiger partial charge in [-0.2, -0.15) is 0 Å². The van der Waals surface area contributed by atoms with Crippen molar-refractivity contribution in [2.45, 2.75) is 13.3 Å². The monoisotopic (exact) mass is 298 g/mol. The van der Waals surface area contributed by atoms with Gasteiger partial charge in [0.25, 0.3) is 0 Å². The van der Waals surface area contributed by atoms with Gasteiger partial charge in [-0.3, -0.25) is 9.59 Å². The van der Waals surface area contributed by atoms with Crippen LogP contribution in [0, 0.1) is 0 Å². The Morgan fingerprint density at radius 2 is 1.65 bits per heavy atom. The van der Waals surface area contributed by atoms with Crippen molar-refractivity contribution in [3.63, 3.8) is 0 Å². The van der Waals surface area contributed by atoms with Crippen molar-refractivity contribution in [2.24, 2.45) is 0 Å². The number of rotatable bonds is 7. The van der Waals surface area contributed by atoms with Crippen LogP contribution in [0.1, 0.15) is 13.3 Å². The number of para-hydroxylation sites is 1. The van der Waals surface area contributed by atoms with E-state index in [-0.39, 0.29) is 0 Å². The minimum Gasteiger partial charge on any atom is -0.355 e. The van der Waals surface area contributed by atoms with E-state index < -0.39 is 33.2 Å². The molecule has 0 atom stereocenters. The standard InChI is InChI=1S/C13H18N2O4S/c1-2-8-14-12(16)9-20(18,19)10-13(17)15-11-6-4-3-5-7-11/h3-7H,2,8-10H2,1H3,(H,14,16)(H,15,17). The van der Waals surface area contributed by atoms with Crippen molar-refractivity contribution in [3.05, 3.63) is 30.3 Å². The number of carbonyl (C=O) groups excluding carboxylic acids is 2. The summed E-state index contributed by atoms with van der Waals surface area (Å²) in [6.45, 7) is 2.28. The molecule has 1 rings (SSSR count). The van der Waals surface area contributed by atoms with Gasteiger partial charge in [0.2, 0.25) is 11.8 Å². The third-order valence-corrected chi connectivity index (χ3v) is 3.74.